The van der Waals surface area contributed by atoms with Crippen molar-refractivity contribution in [1.82, 2.24) is 10.3 Å². The number of anilines is 2. The molecular formula is C17H17Cl2N3O. The lowest BCUT2D eigenvalue weighted by molar-refractivity contribution is 0.0937. The minimum absolute atomic E-state index is 0.0678. The first-order valence-corrected chi connectivity index (χ1v) is 8.36. The number of rotatable bonds is 4. The molecule has 0 atom stereocenters. The molecule has 1 heterocycles. The SMILES string of the molecule is O=C(NC1CCCC1)c1ccc(Nc2cc(Cl)cc(Cl)c2)nc1. The molecule has 120 valence electrons. The largest absolute Gasteiger partial charge is 0.349 e. The highest BCUT2D eigenvalue weighted by molar-refractivity contribution is 6.35. The van der Waals surface area contributed by atoms with E-state index in [9.17, 15) is 4.79 Å². The number of nitrogens with one attached hydrogen (secondary N) is 2. The molecule has 2 N–H and O–H groups in total. The fraction of sp³-hybridized carbons (Fsp3) is 0.294. The molecule has 2 aromatic rings. The van der Waals surface area contributed by atoms with Crippen LogP contribution in [0.2, 0.25) is 10.0 Å². The number of pyridine rings is 1. The zero-order chi connectivity index (χ0) is 16.2. The van der Waals surface area contributed by atoms with Crippen LogP contribution in [0.1, 0.15) is 36.0 Å². The lowest BCUT2D eigenvalue weighted by Gasteiger charge is -2.12. The molecule has 3 rings (SSSR count). The van der Waals surface area contributed by atoms with Crippen molar-refractivity contribution in [2.45, 2.75) is 31.7 Å². The van der Waals surface area contributed by atoms with E-state index in [1.165, 1.54) is 12.8 Å². The van der Waals surface area contributed by atoms with Gasteiger partial charge in [-0.05, 0) is 43.2 Å². The number of carbonyl (C=O) groups excluding carboxylic acids is 1. The van der Waals surface area contributed by atoms with Gasteiger partial charge in [-0.25, -0.2) is 4.98 Å². The van der Waals surface area contributed by atoms with Crippen LogP contribution in [-0.4, -0.2) is 16.9 Å². The molecule has 1 aromatic carbocycles. The first-order chi connectivity index (χ1) is 11.1. The van der Waals surface area contributed by atoms with E-state index in [0.29, 0.717) is 27.5 Å². The first-order valence-electron chi connectivity index (χ1n) is 7.60. The van der Waals surface area contributed by atoms with E-state index in [4.69, 9.17) is 23.2 Å². The van der Waals surface area contributed by atoms with Gasteiger partial charge in [-0.2, -0.15) is 0 Å². The summed E-state index contributed by atoms with van der Waals surface area (Å²) in [6.07, 6.45) is 6.07. The Balaban J connectivity index is 1.65. The van der Waals surface area contributed by atoms with E-state index < -0.39 is 0 Å². The van der Waals surface area contributed by atoms with E-state index in [1.54, 1.807) is 36.5 Å². The quantitative estimate of drug-likeness (QED) is 0.832. The minimum atomic E-state index is -0.0678. The van der Waals surface area contributed by atoms with Crippen LogP contribution >= 0.6 is 23.2 Å². The Kier molecular flexibility index (Phi) is 5.03. The highest BCUT2D eigenvalue weighted by atomic mass is 35.5. The molecule has 6 heteroatoms. The van der Waals surface area contributed by atoms with Crippen molar-refractivity contribution < 1.29 is 4.79 Å². The van der Waals surface area contributed by atoms with Crippen LogP contribution in [0.3, 0.4) is 0 Å². The second-order valence-corrected chi connectivity index (χ2v) is 6.54. The van der Waals surface area contributed by atoms with Gasteiger partial charge in [0.05, 0.1) is 5.56 Å². The van der Waals surface area contributed by atoms with Crippen molar-refractivity contribution in [2.75, 3.05) is 5.32 Å². The summed E-state index contributed by atoms with van der Waals surface area (Å²) >= 11 is 11.9. The maximum absolute atomic E-state index is 12.2. The average Bonchev–Trinajstić information content (AvgIpc) is 3.00. The molecule has 1 aliphatic rings. The van der Waals surface area contributed by atoms with Crippen LogP contribution < -0.4 is 10.6 Å². The summed E-state index contributed by atoms with van der Waals surface area (Å²) in [4.78, 5) is 16.4. The van der Waals surface area contributed by atoms with E-state index in [-0.39, 0.29) is 5.91 Å². The zero-order valence-electron chi connectivity index (χ0n) is 12.5. The van der Waals surface area contributed by atoms with Crippen molar-refractivity contribution in [3.05, 3.63) is 52.1 Å². The van der Waals surface area contributed by atoms with Gasteiger partial charge in [0.1, 0.15) is 5.82 Å². The molecule has 0 spiro atoms. The normalized spacial score (nSPS) is 14.7. The third-order valence-electron chi connectivity index (χ3n) is 3.85. The number of hydrogen-bond acceptors (Lipinski definition) is 3. The summed E-state index contributed by atoms with van der Waals surface area (Å²) in [6, 6.07) is 9.00. The van der Waals surface area contributed by atoms with Gasteiger partial charge in [-0.15, -0.1) is 0 Å². The molecule has 23 heavy (non-hydrogen) atoms. The maximum atomic E-state index is 12.2. The fourth-order valence-corrected chi connectivity index (χ4v) is 3.24. The summed E-state index contributed by atoms with van der Waals surface area (Å²) in [5.41, 5.74) is 1.31. The summed E-state index contributed by atoms with van der Waals surface area (Å²) < 4.78 is 0. The molecule has 1 saturated carbocycles. The van der Waals surface area contributed by atoms with Gasteiger partial charge in [0.15, 0.2) is 0 Å². The fourth-order valence-electron chi connectivity index (χ4n) is 2.71. The lowest BCUT2D eigenvalue weighted by Crippen LogP contribution is -2.32. The molecule has 0 radical (unpaired) electrons. The predicted molar refractivity (Wildman–Crippen MR) is 93.7 cm³/mol. The molecule has 1 aliphatic carbocycles. The number of aromatic nitrogens is 1. The molecule has 0 unspecified atom stereocenters. The number of amides is 1. The van der Waals surface area contributed by atoms with Gasteiger partial charge < -0.3 is 10.6 Å². The molecule has 0 aliphatic heterocycles. The number of benzene rings is 1. The monoisotopic (exact) mass is 349 g/mol. The number of halogens is 2. The predicted octanol–water partition coefficient (Wildman–Crippen LogP) is 4.80. The van der Waals surface area contributed by atoms with Gasteiger partial charge >= 0.3 is 0 Å². The number of hydrogen-bond donors (Lipinski definition) is 2. The summed E-state index contributed by atoms with van der Waals surface area (Å²) in [5.74, 6) is 0.558. The van der Waals surface area contributed by atoms with Gasteiger partial charge in [-0.1, -0.05) is 36.0 Å². The average molecular weight is 350 g/mol. The summed E-state index contributed by atoms with van der Waals surface area (Å²) in [7, 11) is 0. The van der Waals surface area contributed by atoms with Crippen LogP contribution in [0.4, 0.5) is 11.5 Å². The maximum Gasteiger partial charge on any atom is 0.253 e. The van der Waals surface area contributed by atoms with Crippen molar-refractivity contribution in [3.8, 4) is 0 Å². The van der Waals surface area contributed by atoms with E-state index in [1.807, 2.05) is 0 Å². The van der Waals surface area contributed by atoms with Crippen molar-refractivity contribution in [1.29, 1.82) is 0 Å². The third kappa shape index (κ3) is 4.36. The van der Waals surface area contributed by atoms with Gasteiger partial charge in [0, 0.05) is 28.0 Å². The second kappa shape index (κ2) is 7.20. The smallest absolute Gasteiger partial charge is 0.253 e. The molecule has 4 nitrogen and oxygen atoms in total. The lowest BCUT2D eigenvalue weighted by atomic mass is 10.2. The van der Waals surface area contributed by atoms with Crippen LogP contribution in [0.25, 0.3) is 0 Å². The van der Waals surface area contributed by atoms with E-state index >= 15 is 0 Å². The first kappa shape index (κ1) is 16.1. The summed E-state index contributed by atoms with van der Waals surface area (Å²) in [6.45, 7) is 0. The number of nitrogens with zero attached hydrogens (tertiary/aromatic N) is 1. The topological polar surface area (TPSA) is 54.0 Å². The Morgan fingerprint density at radius 3 is 2.39 bits per heavy atom. The molecular weight excluding hydrogens is 333 g/mol. The Morgan fingerprint density at radius 1 is 1.09 bits per heavy atom. The Labute approximate surface area is 145 Å². The van der Waals surface area contributed by atoms with Crippen LogP contribution in [0.5, 0.6) is 0 Å². The second-order valence-electron chi connectivity index (χ2n) is 5.67. The number of carbonyl (C=O) groups is 1. The molecule has 0 saturated heterocycles. The van der Waals surface area contributed by atoms with Gasteiger partial charge in [0.2, 0.25) is 0 Å². The van der Waals surface area contributed by atoms with Crippen molar-refractivity contribution in [2.24, 2.45) is 0 Å². The van der Waals surface area contributed by atoms with Crippen molar-refractivity contribution in [3.63, 3.8) is 0 Å². The van der Waals surface area contributed by atoms with Gasteiger partial charge in [-0.3, -0.25) is 4.79 Å². The van der Waals surface area contributed by atoms with Crippen molar-refractivity contribution >= 4 is 40.6 Å². The minimum Gasteiger partial charge on any atom is -0.349 e. The Hall–Kier alpha value is -1.78. The van der Waals surface area contributed by atoms with Crippen LogP contribution in [0.15, 0.2) is 36.5 Å². The van der Waals surface area contributed by atoms with Crippen LogP contribution in [-0.2, 0) is 0 Å². The highest BCUT2D eigenvalue weighted by Gasteiger charge is 2.18. The Bertz CT molecular complexity index is 677. The van der Waals surface area contributed by atoms with Gasteiger partial charge in [0.25, 0.3) is 5.91 Å². The van der Waals surface area contributed by atoms with Crippen LogP contribution in [0, 0.1) is 0 Å². The highest BCUT2D eigenvalue weighted by Crippen LogP contribution is 2.24. The standard InChI is InChI=1S/C17H17Cl2N3O/c18-12-7-13(19)9-15(8-12)21-16-6-5-11(10-20-16)17(23)22-14-3-1-2-4-14/h5-10,14H,1-4H2,(H,20,21)(H,22,23). The summed E-state index contributed by atoms with van der Waals surface area (Å²) in [5, 5.41) is 7.26. The molecule has 1 fully saturated rings. The van der Waals surface area contributed by atoms with E-state index in [2.05, 4.69) is 15.6 Å². The third-order valence-corrected chi connectivity index (χ3v) is 4.29. The molecule has 1 amide bonds. The van der Waals surface area contributed by atoms with E-state index in [0.717, 1.165) is 18.5 Å². The molecule has 1 aromatic heterocycles. The zero-order valence-corrected chi connectivity index (χ0v) is 14.0. The molecule has 0 bridgehead atoms. The Morgan fingerprint density at radius 2 is 1.78 bits per heavy atom.